The molecule has 1 fully saturated rings. The summed E-state index contributed by atoms with van der Waals surface area (Å²) in [6.45, 7) is 11.6. The fourth-order valence-corrected chi connectivity index (χ4v) is 5.95. The molecule has 0 unspecified atom stereocenters. The van der Waals surface area contributed by atoms with Crippen LogP contribution in [0.4, 0.5) is 0 Å². The number of rotatable bonds is 2. The molecule has 4 rings (SSSR count). The first kappa shape index (κ1) is 17.6. The zero-order valence-corrected chi connectivity index (χ0v) is 16.7. The fraction of sp³-hybridized carbons (Fsp3) is 0.609. The van der Waals surface area contributed by atoms with E-state index in [0.717, 1.165) is 23.1 Å². The van der Waals surface area contributed by atoms with Crippen molar-refractivity contribution in [1.29, 1.82) is 0 Å². The quantitative estimate of drug-likeness (QED) is 0.655. The normalized spacial score (nSPS) is 34.6. The van der Waals surface area contributed by atoms with Crippen molar-refractivity contribution >= 4 is 11.1 Å². The van der Waals surface area contributed by atoms with Gasteiger partial charge in [0.1, 0.15) is 11.3 Å². The molecule has 2 aliphatic rings. The molecule has 3 heteroatoms. The molecule has 0 bridgehead atoms. The van der Waals surface area contributed by atoms with Gasteiger partial charge in [-0.2, -0.15) is 0 Å². The van der Waals surface area contributed by atoms with E-state index in [0.29, 0.717) is 23.1 Å². The molecule has 0 radical (unpaired) electrons. The van der Waals surface area contributed by atoms with E-state index in [9.17, 15) is 5.11 Å². The maximum Gasteiger partial charge on any atom is 0.192 e. The van der Waals surface area contributed by atoms with Gasteiger partial charge >= 0.3 is 0 Å². The minimum absolute atomic E-state index is 0.184. The fourth-order valence-electron chi connectivity index (χ4n) is 5.95. The monoisotopic (exact) mass is 353 g/mol. The molecule has 140 valence electrons. The summed E-state index contributed by atoms with van der Waals surface area (Å²) in [6.07, 6.45) is 8.37. The van der Waals surface area contributed by atoms with E-state index in [2.05, 4.69) is 38.8 Å². The highest BCUT2D eigenvalue weighted by molar-refractivity contribution is 5.78. The van der Waals surface area contributed by atoms with Gasteiger partial charge < -0.3 is 9.52 Å². The van der Waals surface area contributed by atoms with Crippen LogP contribution in [0.15, 0.2) is 28.2 Å². The van der Waals surface area contributed by atoms with Crippen LogP contribution in [0.25, 0.3) is 11.1 Å². The smallest absolute Gasteiger partial charge is 0.192 e. The predicted octanol–water partition coefficient (Wildman–Crippen LogP) is 6.18. The van der Waals surface area contributed by atoms with Gasteiger partial charge in [-0.3, -0.25) is 0 Å². The van der Waals surface area contributed by atoms with Crippen molar-refractivity contribution < 1.29 is 9.52 Å². The van der Waals surface area contributed by atoms with E-state index >= 15 is 0 Å². The first-order chi connectivity index (χ1) is 12.2. The van der Waals surface area contributed by atoms with Crippen LogP contribution >= 0.6 is 0 Å². The van der Waals surface area contributed by atoms with Crippen LogP contribution in [0.1, 0.15) is 64.8 Å². The van der Waals surface area contributed by atoms with Gasteiger partial charge in [-0.1, -0.05) is 32.4 Å². The number of allylic oxidation sites excluding steroid dienone is 2. The molecule has 2 aromatic rings. The number of oxazole rings is 1. The molecular weight excluding hydrogens is 322 g/mol. The molecule has 1 N–H and O–H groups in total. The first-order valence-electron chi connectivity index (χ1n) is 10.0. The minimum atomic E-state index is 0.184. The summed E-state index contributed by atoms with van der Waals surface area (Å²) in [7, 11) is 0. The van der Waals surface area contributed by atoms with Crippen LogP contribution in [-0.4, -0.2) is 10.1 Å². The van der Waals surface area contributed by atoms with Crippen molar-refractivity contribution in [1.82, 2.24) is 4.98 Å². The predicted molar refractivity (Wildman–Crippen MR) is 105 cm³/mol. The van der Waals surface area contributed by atoms with Gasteiger partial charge in [0.2, 0.25) is 0 Å². The Hall–Kier alpha value is -1.77. The lowest BCUT2D eigenvalue weighted by Gasteiger charge is -2.58. The summed E-state index contributed by atoms with van der Waals surface area (Å²) in [5, 5.41) is 10.2. The van der Waals surface area contributed by atoms with E-state index in [-0.39, 0.29) is 11.2 Å². The Morgan fingerprint density at radius 2 is 2.00 bits per heavy atom. The van der Waals surface area contributed by atoms with Crippen molar-refractivity contribution in [2.24, 2.45) is 22.7 Å². The average Bonchev–Trinajstić information content (AvgIpc) is 2.94. The van der Waals surface area contributed by atoms with Crippen LogP contribution in [-0.2, 0) is 6.42 Å². The molecule has 1 aromatic carbocycles. The third kappa shape index (κ3) is 2.51. The molecule has 1 heterocycles. The summed E-state index contributed by atoms with van der Waals surface area (Å²) < 4.78 is 5.92. The van der Waals surface area contributed by atoms with Crippen molar-refractivity contribution in [2.45, 2.75) is 66.7 Å². The SMILES string of the molecule is CC1=CCC[C@H]2[C@](C)(Cc3cc(O)cc4nc(C)oc34)[C@@H](C)CC[C@]12C. The topological polar surface area (TPSA) is 46.3 Å². The van der Waals surface area contributed by atoms with Crippen LogP contribution in [0.2, 0.25) is 0 Å². The Kier molecular flexibility index (Phi) is 3.98. The van der Waals surface area contributed by atoms with Crippen molar-refractivity contribution in [3.63, 3.8) is 0 Å². The van der Waals surface area contributed by atoms with Gasteiger partial charge in [-0.25, -0.2) is 4.98 Å². The van der Waals surface area contributed by atoms with E-state index < -0.39 is 0 Å². The molecule has 0 saturated heterocycles. The highest BCUT2D eigenvalue weighted by atomic mass is 16.3. The van der Waals surface area contributed by atoms with Crippen LogP contribution in [0, 0.1) is 29.6 Å². The number of phenolic OH excluding ortho intramolecular Hbond substituents is 1. The lowest BCUT2D eigenvalue weighted by atomic mass is 9.47. The first-order valence-corrected chi connectivity index (χ1v) is 10.0. The molecule has 0 spiro atoms. The van der Waals surface area contributed by atoms with Crippen molar-refractivity contribution in [3.8, 4) is 5.75 Å². The number of hydrogen-bond acceptors (Lipinski definition) is 3. The van der Waals surface area contributed by atoms with E-state index in [4.69, 9.17) is 4.42 Å². The van der Waals surface area contributed by atoms with Gasteiger partial charge in [0.05, 0.1) is 0 Å². The number of aromatic nitrogens is 1. The molecule has 3 nitrogen and oxygen atoms in total. The van der Waals surface area contributed by atoms with Crippen LogP contribution < -0.4 is 0 Å². The zero-order chi connectivity index (χ0) is 18.7. The highest BCUT2D eigenvalue weighted by Gasteiger charge is 2.53. The molecule has 0 amide bonds. The molecule has 0 aliphatic heterocycles. The van der Waals surface area contributed by atoms with Crippen molar-refractivity contribution in [3.05, 3.63) is 35.2 Å². The third-order valence-corrected chi connectivity index (χ3v) is 7.82. The standard InChI is InChI=1S/C23H31NO2/c1-14-7-6-8-20-22(14,4)10-9-15(2)23(20,5)13-17-11-18(25)12-19-21(17)26-16(3)24-19/h7,11-12,15,20,25H,6,8-10,13H2,1-5H3/t15-,20+,22+,23+/m0/s1. The number of hydrogen-bond donors (Lipinski definition) is 1. The molecule has 26 heavy (non-hydrogen) atoms. The summed E-state index contributed by atoms with van der Waals surface area (Å²) in [6, 6.07) is 3.60. The summed E-state index contributed by atoms with van der Waals surface area (Å²) in [5.41, 5.74) is 4.78. The Labute approximate surface area is 156 Å². The van der Waals surface area contributed by atoms with Gasteiger partial charge in [0, 0.05) is 18.6 Å². The molecule has 2 aliphatic carbocycles. The number of nitrogens with zero attached hydrogens (tertiary/aromatic N) is 1. The minimum Gasteiger partial charge on any atom is -0.508 e. The summed E-state index contributed by atoms with van der Waals surface area (Å²) in [4.78, 5) is 4.44. The largest absolute Gasteiger partial charge is 0.508 e. The Morgan fingerprint density at radius 1 is 1.23 bits per heavy atom. The summed E-state index contributed by atoms with van der Waals surface area (Å²) >= 11 is 0. The molecule has 1 aromatic heterocycles. The lowest BCUT2D eigenvalue weighted by molar-refractivity contribution is -0.0408. The number of aryl methyl sites for hydroxylation is 1. The number of aromatic hydroxyl groups is 1. The zero-order valence-electron chi connectivity index (χ0n) is 16.7. The number of phenols is 1. The highest BCUT2D eigenvalue weighted by Crippen LogP contribution is 2.61. The van der Waals surface area contributed by atoms with Crippen LogP contribution in [0.5, 0.6) is 5.75 Å². The molecule has 4 atom stereocenters. The van der Waals surface area contributed by atoms with Gasteiger partial charge in [-0.15, -0.1) is 0 Å². The molecule has 1 saturated carbocycles. The Balaban J connectivity index is 1.80. The van der Waals surface area contributed by atoms with Crippen molar-refractivity contribution in [2.75, 3.05) is 0 Å². The van der Waals surface area contributed by atoms with Crippen LogP contribution in [0.3, 0.4) is 0 Å². The molecular formula is C23H31NO2. The van der Waals surface area contributed by atoms with Gasteiger partial charge in [0.25, 0.3) is 0 Å². The maximum absolute atomic E-state index is 10.2. The third-order valence-electron chi connectivity index (χ3n) is 7.82. The number of benzene rings is 1. The Morgan fingerprint density at radius 3 is 2.77 bits per heavy atom. The number of fused-ring (bicyclic) bond motifs is 2. The second-order valence-electron chi connectivity index (χ2n) is 9.24. The Bertz CT molecular complexity index is 880. The van der Waals surface area contributed by atoms with E-state index in [1.54, 1.807) is 11.6 Å². The van der Waals surface area contributed by atoms with E-state index in [1.165, 1.54) is 25.7 Å². The maximum atomic E-state index is 10.2. The second-order valence-corrected chi connectivity index (χ2v) is 9.24. The average molecular weight is 354 g/mol. The van der Waals surface area contributed by atoms with E-state index in [1.807, 2.05) is 13.0 Å². The van der Waals surface area contributed by atoms with Gasteiger partial charge in [-0.05, 0) is 67.8 Å². The second kappa shape index (κ2) is 5.87. The summed E-state index contributed by atoms with van der Waals surface area (Å²) in [5.74, 6) is 2.25. The lowest BCUT2D eigenvalue weighted by Crippen LogP contribution is -2.50. The van der Waals surface area contributed by atoms with Gasteiger partial charge in [0.15, 0.2) is 11.5 Å².